The van der Waals surface area contributed by atoms with E-state index in [-0.39, 0.29) is 5.91 Å². The van der Waals surface area contributed by atoms with Gasteiger partial charge in [0, 0.05) is 18.0 Å². The Kier molecular flexibility index (Phi) is 4.96. The van der Waals surface area contributed by atoms with E-state index in [1.54, 1.807) is 0 Å². The van der Waals surface area contributed by atoms with Crippen molar-refractivity contribution in [2.75, 3.05) is 13.1 Å². The number of hydrogen-bond acceptors (Lipinski definition) is 4. The molecule has 106 valence electrons. The quantitative estimate of drug-likeness (QED) is 0.478. The number of nitrogen functional groups attached to an aromatic ring is 1. The van der Waals surface area contributed by atoms with Crippen LogP contribution < -0.4 is 11.3 Å². The molecular weight excluding hydrogens is 258 g/mol. The zero-order valence-corrected chi connectivity index (χ0v) is 12.6. The largest absolute Gasteiger partial charge is 0.299 e. The number of nitrogens with one attached hydrogen (secondary N) is 1. The summed E-state index contributed by atoms with van der Waals surface area (Å²) in [6.07, 6.45) is 4.14. The summed E-state index contributed by atoms with van der Waals surface area (Å²) in [5.41, 5.74) is 3.45. The van der Waals surface area contributed by atoms with Gasteiger partial charge in [0.25, 0.3) is 5.91 Å². The van der Waals surface area contributed by atoms with Crippen LogP contribution in [0.1, 0.15) is 46.3 Å². The first-order chi connectivity index (χ1) is 9.13. The first kappa shape index (κ1) is 14.5. The standard InChI is InChI=1S/C14H23N3OS/c1-3-17(8-11-5-4-6-11)9-12-7-13(14(18)16-15)19-10(12)2/h7,11H,3-6,8-9,15H2,1-2H3,(H,16,18). The maximum atomic E-state index is 11.5. The molecule has 0 spiro atoms. The average Bonchev–Trinajstić information content (AvgIpc) is 2.72. The molecule has 5 heteroatoms. The summed E-state index contributed by atoms with van der Waals surface area (Å²) in [5, 5.41) is 0. The van der Waals surface area contributed by atoms with Crippen molar-refractivity contribution in [2.45, 2.75) is 39.7 Å². The monoisotopic (exact) mass is 281 g/mol. The first-order valence-corrected chi connectivity index (χ1v) is 7.78. The molecule has 2 rings (SSSR count). The average molecular weight is 281 g/mol. The Labute approximate surface area is 118 Å². The second-order valence-corrected chi connectivity index (χ2v) is 6.55. The first-order valence-electron chi connectivity index (χ1n) is 6.96. The van der Waals surface area contributed by atoms with Gasteiger partial charge in [-0.25, -0.2) is 5.84 Å². The van der Waals surface area contributed by atoms with Crippen molar-refractivity contribution in [3.8, 4) is 0 Å². The van der Waals surface area contributed by atoms with Crippen LogP contribution >= 0.6 is 11.3 Å². The minimum Gasteiger partial charge on any atom is -0.299 e. The highest BCUT2D eigenvalue weighted by atomic mass is 32.1. The molecule has 1 aromatic heterocycles. The van der Waals surface area contributed by atoms with Crippen LogP contribution in [-0.4, -0.2) is 23.9 Å². The normalized spacial score (nSPS) is 15.6. The third-order valence-electron chi connectivity index (χ3n) is 3.96. The van der Waals surface area contributed by atoms with Crippen LogP contribution in [0.5, 0.6) is 0 Å². The minimum absolute atomic E-state index is 0.193. The molecule has 0 atom stereocenters. The Morgan fingerprint density at radius 1 is 1.58 bits per heavy atom. The molecule has 3 N–H and O–H groups in total. The Morgan fingerprint density at radius 3 is 2.84 bits per heavy atom. The summed E-state index contributed by atoms with van der Waals surface area (Å²) < 4.78 is 0. The lowest BCUT2D eigenvalue weighted by Gasteiger charge is -2.31. The predicted octanol–water partition coefficient (Wildman–Crippen LogP) is 2.28. The lowest BCUT2D eigenvalue weighted by molar-refractivity contribution is 0.0957. The molecule has 1 fully saturated rings. The van der Waals surface area contributed by atoms with E-state index in [0.717, 1.165) is 19.0 Å². The molecule has 19 heavy (non-hydrogen) atoms. The smallest absolute Gasteiger partial charge is 0.275 e. The van der Waals surface area contributed by atoms with E-state index in [4.69, 9.17) is 5.84 Å². The van der Waals surface area contributed by atoms with Gasteiger partial charge in [0.15, 0.2) is 0 Å². The molecule has 4 nitrogen and oxygen atoms in total. The number of hydrazine groups is 1. The van der Waals surface area contributed by atoms with Crippen molar-refractivity contribution in [1.82, 2.24) is 10.3 Å². The van der Waals surface area contributed by atoms with Gasteiger partial charge in [-0.3, -0.25) is 15.1 Å². The number of aryl methyl sites for hydroxylation is 1. The summed E-state index contributed by atoms with van der Waals surface area (Å²) in [5.74, 6) is 5.87. The van der Waals surface area contributed by atoms with Gasteiger partial charge in [-0.1, -0.05) is 13.3 Å². The van der Waals surface area contributed by atoms with Crippen molar-refractivity contribution < 1.29 is 4.79 Å². The van der Waals surface area contributed by atoms with Gasteiger partial charge < -0.3 is 0 Å². The maximum absolute atomic E-state index is 11.5. The van der Waals surface area contributed by atoms with Crippen molar-refractivity contribution in [1.29, 1.82) is 0 Å². The van der Waals surface area contributed by atoms with Crippen molar-refractivity contribution in [2.24, 2.45) is 11.8 Å². The fraction of sp³-hybridized carbons (Fsp3) is 0.643. The van der Waals surface area contributed by atoms with E-state index in [2.05, 4.69) is 24.2 Å². The highest BCUT2D eigenvalue weighted by molar-refractivity contribution is 7.14. The van der Waals surface area contributed by atoms with Crippen LogP contribution in [0.25, 0.3) is 0 Å². The number of hydrogen-bond donors (Lipinski definition) is 2. The number of nitrogens with zero attached hydrogens (tertiary/aromatic N) is 1. The SMILES string of the molecule is CCN(Cc1cc(C(=O)NN)sc1C)CC1CCC1. The zero-order chi connectivity index (χ0) is 13.8. The van der Waals surface area contributed by atoms with Gasteiger partial charge in [0.1, 0.15) is 0 Å². The third-order valence-corrected chi connectivity index (χ3v) is 5.05. The highest BCUT2D eigenvalue weighted by Gasteiger charge is 2.21. The summed E-state index contributed by atoms with van der Waals surface area (Å²) in [6, 6.07) is 1.98. The van der Waals surface area contributed by atoms with E-state index in [9.17, 15) is 4.79 Å². The summed E-state index contributed by atoms with van der Waals surface area (Å²) >= 11 is 1.52. The molecule has 1 aliphatic rings. The molecule has 1 aliphatic carbocycles. The molecule has 1 aromatic rings. The Hall–Kier alpha value is -0.910. The fourth-order valence-electron chi connectivity index (χ4n) is 2.45. The van der Waals surface area contributed by atoms with Crippen LogP contribution in [-0.2, 0) is 6.54 Å². The molecular formula is C14H23N3OS. The maximum Gasteiger partial charge on any atom is 0.275 e. The van der Waals surface area contributed by atoms with Crippen LogP contribution in [0.15, 0.2) is 6.07 Å². The van der Waals surface area contributed by atoms with Crippen molar-refractivity contribution in [3.63, 3.8) is 0 Å². The van der Waals surface area contributed by atoms with Gasteiger partial charge in [-0.15, -0.1) is 11.3 Å². The van der Waals surface area contributed by atoms with Crippen molar-refractivity contribution >= 4 is 17.2 Å². The van der Waals surface area contributed by atoms with Gasteiger partial charge >= 0.3 is 0 Å². The third kappa shape index (κ3) is 3.55. The van der Waals surface area contributed by atoms with Crippen LogP contribution in [0.4, 0.5) is 0 Å². The van der Waals surface area contributed by atoms with Gasteiger partial charge in [-0.05, 0) is 43.9 Å². The highest BCUT2D eigenvalue weighted by Crippen LogP contribution is 2.28. The number of thiophene rings is 1. The fourth-order valence-corrected chi connectivity index (χ4v) is 3.38. The second kappa shape index (κ2) is 6.50. The number of carbonyl (C=O) groups excluding carboxylic acids is 1. The van der Waals surface area contributed by atoms with Crippen LogP contribution in [0, 0.1) is 12.8 Å². The Morgan fingerprint density at radius 2 is 2.32 bits per heavy atom. The number of amides is 1. The molecule has 0 aromatic carbocycles. The topological polar surface area (TPSA) is 58.4 Å². The molecule has 0 saturated heterocycles. The van der Waals surface area contributed by atoms with Gasteiger partial charge in [0.2, 0.25) is 0 Å². The van der Waals surface area contributed by atoms with E-state index in [1.165, 1.54) is 47.6 Å². The lowest BCUT2D eigenvalue weighted by atomic mass is 9.85. The lowest BCUT2D eigenvalue weighted by Crippen LogP contribution is -2.32. The molecule has 0 aliphatic heterocycles. The molecule has 1 amide bonds. The molecule has 0 bridgehead atoms. The summed E-state index contributed by atoms with van der Waals surface area (Å²) in [7, 11) is 0. The molecule has 1 heterocycles. The van der Waals surface area contributed by atoms with E-state index < -0.39 is 0 Å². The van der Waals surface area contributed by atoms with Gasteiger partial charge in [0.05, 0.1) is 4.88 Å². The Bertz CT molecular complexity index is 440. The van der Waals surface area contributed by atoms with Crippen LogP contribution in [0.2, 0.25) is 0 Å². The predicted molar refractivity (Wildman–Crippen MR) is 79.0 cm³/mol. The molecule has 0 radical (unpaired) electrons. The summed E-state index contributed by atoms with van der Waals surface area (Å²) in [4.78, 5) is 15.9. The summed E-state index contributed by atoms with van der Waals surface area (Å²) in [6.45, 7) is 7.46. The van der Waals surface area contributed by atoms with Gasteiger partial charge in [-0.2, -0.15) is 0 Å². The molecule has 1 saturated carbocycles. The van der Waals surface area contributed by atoms with E-state index in [1.807, 2.05) is 6.07 Å². The van der Waals surface area contributed by atoms with E-state index >= 15 is 0 Å². The second-order valence-electron chi connectivity index (χ2n) is 5.29. The van der Waals surface area contributed by atoms with Crippen molar-refractivity contribution in [3.05, 3.63) is 21.4 Å². The van der Waals surface area contributed by atoms with Crippen LogP contribution in [0.3, 0.4) is 0 Å². The Balaban J connectivity index is 1.99. The minimum atomic E-state index is -0.193. The molecule has 0 unspecified atom stereocenters. The van der Waals surface area contributed by atoms with E-state index in [0.29, 0.717) is 4.88 Å². The number of carbonyl (C=O) groups is 1. The zero-order valence-electron chi connectivity index (χ0n) is 11.7. The number of nitrogens with two attached hydrogens (primary N) is 1. The number of rotatable bonds is 6.